The summed E-state index contributed by atoms with van der Waals surface area (Å²) >= 11 is 0. The van der Waals surface area contributed by atoms with E-state index in [1.165, 1.54) is 19.3 Å². The van der Waals surface area contributed by atoms with Crippen LogP contribution in [0.5, 0.6) is 0 Å². The number of nitrogens with zero attached hydrogens (tertiary/aromatic N) is 2. The first-order valence-electron chi connectivity index (χ1n) is 6.44. The number of nitrogens with two attached hydrogens (primary N) is 1. The molecule has 5 nitrogen and oxygen atoms in total. The molecule has 2 rings (SSSR count). The molecule has 1 fully saturated rings. The van der Waals surface area contributed by atoms with Crippen molar-refractivity contribution in [3.63, 3.8) is 0 Å². The third-order valence-electron chi connectivity index (χ3n) is 3.70. The van der Waals surface area contributed by atoms with E-state index in [9.17, 15) is 0 Å². The van der Waals surface area contributed by atoms with Gasteiger partial charge in [-0.2, -0.15) is 4.98 Å². The van der Waals surface area contributed by atoms with Gasteiger partial charge in [0.25, 0.3) is 0 Å². The fourth-order valence-electron chi connectivity index (χ4n) is 2.54. The van der Waals surface area contributed by atoms with Crippen molar-refractivity contribution in [2.75, 3.05) is 6.61 Å². The molecule has 5 heteroatoms. The summed E-state index contributed by atoms with van der Waals surface area (Å²) in [5.41, 5.74) is 5.64. The Morgan fingerprint density at radius 1 is 1.53 bits per heavy atom. The van der Waals surface area contributed by atoms with E-state index < -0.39 is 6.04 Å². The number of aliphatic hydroxyl groups is 1. The molecule has 1 aliphatic rings. The van der Waals surface area contributed by atoms with E-state index in [1.54, 1.807) is 0 Å². The van der Waals surface area contributed by atoms with Gasteiger partial charge in [-0.25, -0.2) is 0 Å². The highest BCUT2D eigenvalue weighted by Crippen LogP contribution is 2.36. The smallest absolute Gasteiger partial charge is 0.245 e. The summed E-state index contributed by atoms with van der Waals surface area (Å²) in [4.78, 5) is 4.31. The predicted molar refractivity (Wildman–Crippen MR) is 63.3 cm³/mol. The fourth-order valence-corrected chi connectivity index (χ4v) is 2.54. The zero-order valence-corrected chi connectivity index (χ0v) is 10.3. The van der Waals surface area contributed by atoms with Crippen molar-refractivity contribution in [2.45, 2.75) is 51.0 Å². The largest absolute Gasteiger partial charge is 0.394 e. The van der Waals surface area contributed by atoms with E-state index >= 15 is 0 Å². The zero-order valence-electron chi connectivity index (χ0n) is 10.3. The first-order chi connectivity index (χ1) is 8.24. The molecule has 1 heterocycles. The zero-order chi connectivity index (χ0) is 12.3. The molecule has 0 aliphatic heterocycles. The number of hydrogen-bond donors (Lipinski definition) is 2. The van der Waals surface area contributed by atoms with Gasteiger partial charge in [0, 0.05) is 5.92 Å². The van der Waals surface area contributed by atoms with Crippen LogP contribution in [-0.4, -0.2) is 21.9 Å². The molecular weight excluding hydrogens is 218 g/mol. The van der Waals surface area contributed by atoms with Gasteiger partial charge in [0.2, 0.25) is 5.89 Å². The predicted octanol–water partition coefficient (Wildman–Crippen LogP) is 1.75. The van der Waals surface area contributed by atoms with E-state index in [0.29, 0.717) is 11.8 Å². The molecule has 0 radical (unpaired) electrons. The Bertz CT molecular complexity index is 353. The molecule has 3 N–H and O–H groups in total. The lowest BCUT2D eigenvalue weighted by Gasteiger charge is -2.26. The fraction of sp³-hybridized carbons (Fsp3) is 0.833. The molecule has 0 spiro atoms. The first kappa shape index (κ1) is 12.5. The van der Waals surface area contributed by atoms with Crippen molar-refractivity contribution in [3.05, 3.63) is 11.7 Å². The summed E-state index contributed by atoms with van der Waals surface area (Å²) < 4.78 is 5.09. The van der Waals surface area contributed by atoms with Crippen LogP contribution in [0.25, 0.3) is 0 Å². The Hall–Kier alpha value is -0.940. The van der Waals surface area contributed by atoms with Gasteiger partial charge < -0.3 is 15.4 Å². The van der Waals surface area contributed by atoms with E-state index in [1.807, 2.05) is 0 Å². The van der Waals surface area contributed by atoms with Crippen molar-refractivity contribution in [2.24, 2.45) is 11.7 Å². The summed E-state index contributed by atoms with van der Waals surface area (Å²) in [6, 6.07) is -0.554. The van der Waals surface area contributed by atoms with Crippen molar-refractivity contribution in [1.29, 1.82) is 0 Å². The summed E-state index contributed by atoms with van der Waals surface area (Å²) in [6.45, 7) is 2.07. The second-order valence-corrected chi connectivity index (χ2v) is 4.92. The maximum atomic E-state index is 8.94. The molecule has 3 atom stereocenters. The molecular formula is C12H21N3O2. The molecule has 1 aromatic rings. The molecule has 1 saturated carbocycles. The van der Waals surface area contributed by atoms with Gasteiger partial charge >= 0.3 is 0 Å². The minimum Gasteiger partial charge on any atom is -0.394 e. The highest BCUT2D eigenvalue weighted by molar-refractivity contribution is 5.00. The van der Waals surface area contributed by atoms with E-state index in [0.717, 1.165) is 24.6 Å². The molecule has 2 unspecified atom stereocenters. The van der Waals surface area contributed by atoms with Crippen LogP contribution < -0.4 is 5.73 Å². The molecule has 0 amide bonds. The Kier molecular flexibility index (Phi) is 4.12. The van der Waals surface area contributed by atoms with Gasteiger partial charge in [-0.15, -0.1) is 0 Å². The maximum Gasteiger partial charge on any atom is 0.245 e. The van der Waals surface area contributed by atoms with Gasteiger partial charge in [0.15, 0.2) is 5.82 Å². The lowest BCUT2D eigenvalue weighted by molar-refractivity contribution is 0.236. The molecule has 17 heavy (non-hydrogen) atoms. The highest BCUT2D eigenvalue weighted by Gasteiger charge is 2.26. The summed E-state index contributed by atoms with van der Waals surface area (Å²) in [7, 11) is 0. The summed E-state index contributed by atoms with van der Waals surface area (Å²) in [5, 5.41) is 12.9. The number of rotatable bonds is 4. The molecule has 0 bridgehead atoms. The Labute approximate surface area is 101 Å². The minimum atomic E-state index is -0.554. The molecule has 1 aromatic heterocycles. The summed E-state index contributed by atoms with van der Waals surface area (Å²) in [6.07, 6.45) is 6.04. The topological polar surface area (TPSA) is 85.2 Å². The second-order valence-electron chi connectivity index (χ2n) is 4.92. The molecule has 0 saturated heterocycles. The number of aliphatic hydroxyl groups excluding tert-OH is 1. The van der Waals surface area contributed by atoms with Gasteiger partial charge in [-0.3, -0.25) is 0 Å². The highest BCUT2D eigenvalue weighted by atomic mass is 16.5. The third kappa shape index (κ3) is 2.84. The lowest BCUT2D eigenvalue weighted by Crippen LogP contribution is -2.16. The molecule has 96 valence electrons. The standard InChI is InChI=1S/C12H21N3O2/c1-2-8-4-3-5-9(6-8)11-14-12(17-15-11)10(13)7-16/h8-10,16H,2-7,13H2,1H3/t8?,9?,10-/m0/s1. The first-order valence-corrected chi connectivity index (χ1v) is 6.44. The molecule has 0 aromatic carbocycles. The van der Waals surface area contributed by atoms with Crippen LogP contribution in [-0.2, 0) is 0 Å². The van der Waals surface area contributed by atoms with Crippen LogP contribution in [0.3, 0.4) is 0 Å². The second kappa shape index (κ2) is 5.60. The van der Waals surface area contributed by atoms with E-state index in [4.69, 9.17) is 15.4 Å². The van der Waals surface area contributed by atoms with Crippen LogP contribution in [0.2, 0.25) is 0 Å². The van der Waals surface area contributed by atoms with Crippen molar-refractivity contribution in [3.8, 4) is 0 Å². The van der Waals surface area contributed by atoms with Gasteiger partial charge in [-0.05, 0) is 18.8 Å². The van der Waals surface area contributed by atoms with Crippen LogP contribution >= 0.6 is 0 Å². The van der Waals surface area contributed by atoms with Gasteiger partial charge in [0.05, 0.1) is 6.61 Å². The van der Waals surface area contributed by atoms with Crippen molar-refractivity contribution in [1.82, 2.24) is 10.1 Å². The van der Waals surface area contributed by atoms with Crippen LogP contribution in [0.15, 0.2) is 4.52 Å². The maximum absolute atomic E-state index is 8.94. The van der Waals surface area contributed by atoms with E-state index in [-0.39, 0.29) is 6.61 Å². The SMILES string of the molecule is CCC1CCCC(c2noc([C@@H](N)CO)n2)C1. The number of hydrogen-bond acceptors (Lipinski definition) is 5. The van der Waals surface area contributed by atoms with E-state index in [2.05, 4.69) is 17.1 Å². The lowest BCUT2D eigenvalue weighted by atomic mass is 9.80. The summed E-state index contributed by atoms with van der Waals surface area (Å²) in [5.74, 6) is 2.29. The van der Waals surface area contributed by atoms with Gasteiger partial charge in [0.1, 0.15) is 6.04 Å². The quantitative estimate of drug-likeness (QED) is 0.836. The van der Waals surface area contributed by atoms with Crippen molar-refractivity contribution >= 4 is 0 Å². The average molecular weight is 239 g/mol. The Balaban J connectivity index is 2.04. The Morgan fingerprint density at radius 3 is 3.06 bits per heavy atom. The Morgan fingerprint density at radius 2 is 2.35 bits per heavy atom. The van der Waals surface area contributed by atoms with Gasteiger partial charge in [-0.1, -0.05) is 31.3 Å². The van der Waals surface area contributed by atoms with Crippen LogP contribution in [0.4, 0.5) is 0 Å². The monoisotopic (exact) mass is 239 g/mol. The van der Waals surface area contributed by atoms with Crippen LogP contribution in [0.1, 0.15) is 62.7 Å². The number of aromatic nitrogens is 2. The minimum absolute atomic E-state index is 0.163. The average Bonchev–Trinajstić information content (AvgIpc) is 2.87. The normalized spacial score (nSPS) is 27.0. The molecule has 1 aliphatic carbocycles. The third-order valence-corrected chi connectivity index (χ3v) is 3.70. The van der Waals surface area contributed by atoms with Crippen molar-refractivity contribution < 1.29 is 9.63 Å². The van der Waals surface area contributed by atoms with Crippen LogP contribution in [0, 0.1) is 5.92 Å².